The van der Waals surface area contributed by atoms with Gasteiger partial charge < -0.3 is 15.0 Å². The van der Waals surface area contributed by atoms with Crippen LogP contribution < -0.4 is 5.73 Å². The SMILES string of the molecule is Nc1cc(C2CCOC2)no1. The summed E-state index contributed by atoms with van der Waals surface area (Å²) in [6.07, 6.45) is 1.02. The molecule has 1 unspecified atom stereocenters. The van der Waals surface area contributed by atoms with Crippen molar-refractivity contribution in [2.75, 3.05) is 18.9 Å². The van der Waals surface area contributed by atoms with E-state index in [9.17, 15) is 0 Å². The fourth-order valence-corrected chi connectivity index (χ4v) is 1.26. The quantitative estimate of drug-likeness (QED) is 0.648. The molecule has 1 atom stereocenters. The van der Waals surface area contributed by atoms with E-state index in [1.165, 1.54) is 0 Å². The minimum atomic E-state index is 0.381. The normalized spacial score (nSPS) is 24.2. The molecule has 4 heteroatoms. The first-order chi connectivity index (χ1) is 5.36. The summed E-state index contributed by atoms with van der Waals surface area (Å²) >= 11 is 0. The van der Waals surface area contributed by atoms with Gasteiger partial charge in [0, 0.05) is 18.6 Å². The van der Waals surface area contributed by atoms with Crippen molar-refractivity contribution in [3.63, 3.8) is 0 Å². The Morgan fingerprint density at radius 3 is 3.09 bits per heavy atom. The smallest absolute Gasteiger partial charge is 0.222 e. The summed E-state index contributed by atoms with van der Waals surface area (Å²) in [6, 6.07) is 1.76. The molecule has 0 spiro atoms. The number of rotatable bonds is 1. The van der Waals surface area contributed by atoms with Gasteiger partial charge in [0.15, 0.2) is 0 Å². The van der Waals surface area contributed by atoms with Gasteiger partial charge in [-0.15, -0.1) is 0 Å². The van der Waals surface area contributed by atoms with Crippen LogP contribution in [0, 0.1) is 0 Å². The van der Waals surface area contributed by atoms with Crippen molar-refractivity contribution in [1.82, 2.24) is 5.16 Å². The van der Waals surface area contributed by atoms with Gasteiger partial charge in [-0.1, -0.05) is 5.16 Å². The molecule has 1 aromatic heterocycles. The number of ether oxygens (including phenoxy) is 1. The Balaban J connectivity index is 2.15. The second kappa shape index (κ2) is 2.54. The van der Waals surface area contributed by atoms with Crippen molar-refractivity contribution >= 4 is 5.88 Å². The lowest BCUT2D eigenvalue weighted by Gasteiger charge is -1.98. The highest BCUT2D eigenvalue weighted by Gasteiger charge is 2.20. The summed E-state index contributed by atoms with van der Waals surface area (Å²) in [6.45, 7) is 1.56. The van der Waals surface area contributed by atoms with E-state index in [-0.39, 0.29) is 0 Å². The number of hydrogen-bond donors (Lipinski definition) is 1. The monoisotopic (exact) mass is 154 g/mol. The maximum absolute atomic E-state index is 5.38. The third kappa shape index (κ3) is 1.21. The Bertz CT molecular complexity index is 240. The van der Waals surface area contributed by atoms with Gasteiger partial charge in [0.25, 0.3) is 0 Å². The minimum absolute atomic E-state index is 0.381. The molecular weight excluding hydrogens is 144 g/mol. The van der Waals surface area contributed by atoms with Crippen molar-refractivity contribution in [2.45, 2.75) is 12.3 Å². The summed E-state index contributed by atoms with van der Waals surface area (Å²) in [5, 5.41) is 3.82. The van der Waals surface area contributed by atoms with Crippen LogP contribution in [0.5, 0.6) is 0 Å². The topological polar surface area (TPSA) is 61.3 Å². The van der Waals surface area contributed by atoms with E-state index in [0.29, 0.717) is 11.8 Å². The van der Waals surface area contributed by atoms with E-state index < -0.39 is 0 Å². The van der Waals surface area contributed by atoms with Crippen LogP contribution in [0.4, 0.5) is 5.88 Å². The zero-order valence-electron chi connectivity index (χ0n) is 6.12. The van der Waals surface area contributed by atoms with Crippen molar-refractivity contribution in [2.24, 2.45) is 0 Å². The third-order valence-electron chi connectivity index (χ3n) is 1.89. The second-order valence-electron chi connectivity index (χ2n) is 2.71. The fraction of sp³-hybridized carbons (Fsp3) is 0.571. The first-order valence-electron chi connectivity index (χ1n) is 3.66. The van der Waals surface area contributed by atoms with Crippen molar-refractivity contribution < 1.29 is 9.26 Å². The Morgan fingerprint density at radius 2 is 2.55 bits per heavy atom. The Labute approximate surface area is 64.3 Å². The van der Waals surface area contributed by atoms with Crippen molar-refractivity contribution in [3.8, 4) is 0 Å². The lowest BCUT2D eigenvalue weighted by atomic mass is 10.1. The van der Waals surface area contributed by atoms with E-state index in [0.717, 1.165) is 25.3 Å². The van der Waals surface area contributed by atoms with Gasteiger partial charge in [0.1, 0.15) is 0 Å². The first-order valence-corrected chi connectivity index (χ1v) is 3.66. The predicted molar refractivity (Wildman–Crippen MR) is 39.1 cm³/mol. The molecule has 0 bridgehead atoms. The number of hydrogen-bond acceptors (Lipinski definition) is 4. The van der Waals surface area contributed by atoms with Crippen LogP contribution in [0.2, 0.25) is 0 Å². The van der Waals surface area contributed by atoms with Crippen LogP contribution in [0.3, 0.4) is 0 Å². The van der Waals surface area contributed by atoms with Gasteiger partial charge in [-0.2, -0.15) is 0 Å². The van der Waals surface area contributed by atoms with E-state index in [1.54, 1.807) is 6.07 Å². The van der Waals surface area contributed by atoms with Crippen LogP contribution in [-0.4, -0.2) is 18.4 Å². The van der Waals surface area contributed by atoms with E-state index >= 15 is 0 Å². The second-order valence-corrected chi connectivity index (χ2v) is 2.71. The molecule has 0 aliphatic carbocycles. The molecule has 1 aromatic rings. The summed E-state index contributed by atoms with van der Waals surface area (Å²) < 4.78 is 9.95. The molecule has 0 saturated carbocycles. The highest BCUT2D eigenvalue weighted by molar-refractivity contribution is 5.26. The summed E-state index contributed by atoms with van der Waals surface area (Å²) in [7, 11) is 0. The van der Waals surface area contributed by atoms with Gasteiger partial charge in [0.2, 0.25) is 5.88 Å². The van der Waals surface area contributed by atoms with E-state index in [4.69, 9.17) is 15.0 Å². The molecule has 1 aliphatic rings. The molecule has 4 nitrogen and oxygen atoms in total. The molecule has 2 heterocycles. The molecule has 11 heavy (non-hydrogen) atoms. The molecule has 1 aliphatic heterocycles. The summed E-state index contributed by atoms with van der Waals surface area (Å²) in [5.74, 6) is 0.767. The van der Waals surface area contributed by atoms with Gasteiger partial charge in [-0.25, -0.2) is 0 Å². The molecule has 60 valence electrons. The Morgan fingerprint density at radius 1 is 1.64 bits per heavy atom. The maximum Gasteiger partial charge on any atom is 0.222 e. The van der Waals surface area contributed by atoms with E-state index in [2.05, 4.69) is 5.16 Å². The number of nitrogen functional groups attached to an aromatic ring is 1. The van der Waals surface area contributed by atoms with Crippen LogP contribution in [0.15, 0.2) is 10.6 Å². The molecule has 2 N–H and O–H groups in total. The minimum Gasteiger partial charge on any atom is -0.381 e. The maximum atomic E-state index is 5.38. The third-order valence-corrected chi connectivity index (χ3v) is 1.89. The molecule has 2 rings (SSSR count). The molecule has 1 fully saturated rings. The molecular formula is C7H10N2O2. The van der Waals surface area contributed by atoms with Crippen LogP contribution in [0.25, 0.3) is 0 Å². The largest absolute Gasteiger partial charge is 0.381 e. The zero-order chi connectivity index (χ0) is 7.68. The highest BCUT2D eigenvalue weighted by Crippen LogP contribution is 2.24. The molecule has 0 aromatic carbocycles. The number of nitrogens with zero attached hydrogens (tertiary/aromatic N) is 1. The number of nitrogens with two attached hydrogens (primary N) is 1. The van der Waals surface area contributed by atoms with E-state index in [1.807, 2.05) is 0 Å². The van der Waals surface area contributed by atoms with Crippen LogP contribution >= 0.6 is 0 Å². The average molecular weight is 154 g/mol. The summed E-state index contributed by atoms with van der Waals surface area (Å²) in [4.78, 5) is 0. The lowest BCUT2D eigenvalue weighted by Crippen LogP contribution is -1.96. The molecule has 0 radical (unpaired) electrons. The molecule has 0 amide bonds. The average Bonchev–Trinajstić information content (AvgIpc) is 2.55. The predicted octanol–water partition coefficient (Wildman–Crippen LogP) is 0.761. The fourth-order valence-electron chi connectivity index (χ4n) is 1.26. The van der Waals surface area contributed by atoms with Gasteiger partial charge >= 0.3 is 0 Å². The lowest BCUT2D eigenvalue weighted by molar-refractivity contribution is 0.193. The van der Waals surface area contributed by atoms with Crippen molar-refractivity contribution in [3.05, 3.63) is 11.8 Å². The Hall–Kier alpha value is -1.03. The summed E-state index contributed by atoms with van der Waals surface area (Å²) in [5.41, 5.74) is 6.29. The first kappa shape index (κ1) is 6.67. The van der Waals surface area contributed by atoms with Gasteiger partial charge in [-0.05, 0) is 6.42 Å². The standard InChI is InChI=1S/C7H10N2O2/c8-7-3-6(9-11-7)5-1-2-10-4-5/h3,5H,1-2,4,8H2. The highest BCUT2D eigenvalue weighted by atomic mass is 16.5. The van der Waals surface area contributed by atoms with Gasteiger partial charge in [-0.3, -0.25) is 0 Å². The molecule has 1 saturated heterocycles. The number of aromatic nitrogens is 1. The Kier molecular flexibility index (Phi) is 1.54. The zero-order valence-corrected chi connectivity index (χ0v) is 6.12. The van der Waals surface area contributed by atoms with Crippen molar-refractivity contribution in [1.29, 1.82) is 0 Å². The van der Waals surface area contributed by atoms with Crippen LogP contribution in [-0.2, 0) is 4.74 Å². The van der Waals surface area contributed by atoms with Crippen LogP contribution in [0.1, 0.15) is 18.0 Å². The van der Waals surface area contributed by atoms with Gasteiger partial charge in [0.05, 0.1) is 12.3 Å². The number of anilines is 1.